The van der Waals surface area contributed by atoms with Gasteiger partial charge in [-0.2, -0.15) is 4.08 Å². The van der Waals surface area contributed by atoms with Gasteiger partial charge in [-0.05, 0) is 0 Å². The number of hydrogen-bond acceptors (Lipinski definition) is 6. The van der Waals surface area contributed by atoms with E-state index in [-0.39, 0.29) is 0 Å². The summed E-state index contributed by atoms with van der Waals surface area (Å²) in [5.41, 5.74) is -1.23. The van der Waals surface area contributed by atoms with E-state index in [1.165, 1.54) is 0 Å². The zero-order valence-corrected chi connectivity index (χ0v) is 7.43. The van der Waals surface area contributed by atoms with Gasteiger partial charge in [0.25, 0.3) is 0 Å². The zero-order valence-electron chi connectivity index (χ0n) is 5.77. The van der Waals surface area contributed by atoms with Gasteiger partial charge in [0.15, 0.2) is 0 Å². The molecule has 0 fully saturated rings. The summed E-state index contributed by atoms with van der Waals surface area (Å²) in [5.74, 6) is 0. The number of ether oxygens (including phenoxy) is 1. The average molecular weight is 205 g/mol. The van der Waals surface area contributed by atoms with Crippen molar-refractivity contribution in [3.05, 3.63) is 0 Å². The van der Waals surface area contributed by atoms with Gasteiger partial charge in [-0.3, -0.25) is 0 Å². The van der Waals surface area contributed by atoms with Crippen LogP contribution in [0.1, 0.15) is 0 Å². The molecule has 0 spiro atoms. The molecule has 0 aliphatic heterocycles. The molecule has 0 N–H and O–H groups in total. The van der Waals surface area contributed by atoms with Crippen molar-refractivity contribution in [2.75, 3.05) is 14.2 Å². The average Bonchev–Trinajstić information content (AvgIpc) is 2.03. The fourth-order valence-electron chi connectivity index (χ4n) is 0.280. The Morgan fingerprint density at radius 3 is 2.27 bits per heavy atom. The van der Waals surface area contributed by atoms with Crippen molar-refractivity contribution in [1.29, 1.82) is 0 Å². The van der Waals surface area contributed by atoms with E-state index < -0.39 is 13.3 Å². The second-order valence-electron chi connectivity index (χ2n) is 1.28. The minimum atomic E-state index is -4.11. The number of carbonyl (C=O) groups excluding carboxylic acids is 1. The normalized spacial score (nSPS) is 15.5. The van der Waals surface area contributed by atoms with Crippen LogP contribution in [0.5, 0.6) is 0 Å². The SMILES string of the molecule is COOP(=O)(OCl)C(=O)OC. The number of hydrogen-bond donors (Lipinski definition) is 0. The second-order valence-corrected chi connectivity index (χ2v) is 3.34. The Morgan fingerprint density at radius 1 is 1.45 bits per heavy atom. The van der Waals surface area contributed by atoms with Gasteiger partial charge in [0.2, 0.25) is 0 Å². The molecule has 66 valence electrons. The van der Waals surface area contributed by atoms with Gasteiger partial charge in [-0.1, -0.05) is 0 Å². The largest absolute Gasteiger partial charge is 0.481 e. The van der Waals surface area contributed by atoms with Gasteiger partial charge in [0.1, 0.15) is 0 Å². The van der Waals surface area contributed by atoms with Gasteiger partial charge in [-0.25, -0.2) is 14.2 Å². The summed E-state index contributed by atoms with van der Waals surface area (Å²) in [5, 5.41) is 0. The van der Waals surface area contributed by atoms with Crippen molar-refractivity contribution >= 4 is 25.2 Å². The van der Waals surface area contributed by atoms with E-state index in [0.29, 0.717) is 0 Å². The van der Waals surface area contributed by atoms with Gasteiger partial charge in [-0.15, -0.1) is 4.67 Å². The molecule has 0 saturated carbocycles. The van der Waals surface area contributed by atoms with E-state index in [1.54, 1.807) is 0 Å². The van der Waals surface area contributed by atoms with Crippen LogP contribution in [0.3, 0.4) is 0 Å². The van der Waals surface area contributed by atoms with E-state index >= 15 is 0 Å². The third kappa shape index (κ3) is 2.76. The lowest BCUT2D eigenvalue weighted by atomic mass is 11.5. The van der Waals surface area contributed by atoms with Crippen LogP contribution < -0.4 is 0 Å². The van der Waals surface area contributed by atoms with E-state index in [4.69, 9.17) is 11.9 Å². The summed E-state index contributed by atoms with van der Waals surface area (Å²) in [7, 11) is -2.06. The van der Waals surface area contributed by atoms with E-state index in [9.17, 15) is 9.36 Å². The van der Waals surface area contributed by atoms with Crippen molar-refractivity contribution in [2.24, 2.45) is 0 Å². The summed E-state index contributed by atoms with van der Waals surface area (Å²) in [6, 6.07) is 0. The van der Waals surface area contributed by atoms with Crippen molar-refractivity contribution in [2.45, 2.75) is 0 Å². The number of rotatable bonds is 4. The minimum absolute atomic E-state index is 1.00. The maximum absolute atomic E-state index is 10.9. The predicted octanol–water partition coefficient (Wildman–Crippen LogP) is 1.69. The van der Waals surface area contributed by atoms with Crippen LogP contribution in [-0.2, 0) is 22.9 Å². The van der Waals surface area contributed by atoms with Gasteiger partial charge < -0.3 is 4.74 Å². The van der Waals surface area contributed by atoms with E-state index in [1.807, 2.05) is 0 Å². The Hall–Kier alpha value is -0.130. The van der Waals surface area contributed by atoms with E-state index in [0.717, 1.165) is 14.2 Å². The highest BCUT2D eigenvalue weighted by atomic mass is 35.5. The van der Waals surface area contributed by atoms with Crippen LogP contribution in [-0.4, -0.2) is 19.9 Å². The molecule has 0 aromatic heterocycles. The molecule has 1 atom stereocenters. The molecule has 0 heterocycles. The molecule has 0 rings (SSSR count). The predicted molar refractivity (Wildman–Crippen MR) is 35.0 cm³/mol. The maximum Gasteiger partial charge on any atom is 0.481 e. The first-order valence-corrected chi connectivity index (χ1v) is 4.17. The van der Waals surface area contributed by atoms with Crippen LogP contribution in [0.4, 0.5) is 4.79 Å². The lowest BCUT2D eigenvalue weighted by molar-refractivity contribution is -0.182. The quantitative estimate of drug-likeness (QED) is 0.394. The van der Waals surface area contributed by atoms with Gasteiger partial charge in [0.05, 0.1) is 26.1 Å². The summed E-state index contributed by atoms with van der Waals surface area (Å²) in [6.45, 7) is 0. The molecule has 0 aliphatic carbocycles. The molecular weight excluding hydrogens is 198 g/mol. The molecule has 0 aromatic rings. The third-order valence-electron chi connectivity index (χ3n) is 0.662. The molecule has 0 radical (unpaired) electrons. The van der Waals surface area contributed by atoms with Gasteiger partial charge >= 0.3 is 13.3 Å². The van der Waals surface area contributed by atoms with Crippen LogP contribution in [0.25, 0.3) is 0 Å². The van der Waals surface area contributed by atoms with Crippen LogP contribution in [0, 0.1) is 0 Å². The molecule has 6 nitrogen and oxygen atoms in total. The first-order valence-electron chi connectivity index (χ1n) is 2.32. The number of carbonyl (C=O) groups is 1. The standard InChI is InChI=1S/C3H6ClO6P/c1-7-3(5)11(6,9-4)10-8-2/h1-2H3. The summed E-state index contributed by atoms with van der Waals surface area (Å²) < 4.78 is 22.7. The summed E-state index contributed by atoms with van der Waals surface area (Å²) in [6.07, 6.45) is 0. The molecule has 0 aromatic carbocycles. The lowest BCUT2D eigenvalue weighted by Gasteiger charge is -2.07. The van der Waals surface area contributed by atoms with Gasteiger partial charge in [0, 0.05) is 0 Å². The van der Waals surface area contributed by atoms with Crippen LogP contribution >= 0.6 is 19.5 Å². The molecule has 11 heavy (non-hydrogen) atoms. The molecule has 1 unspecified atom stereocenters. The molecule has 0 bridgehead atoms. The molecular formula is C3H6ClO6P. The van der Waals surface area contributed by atoms with Crippen molar-refractivity contribution in [3.63, 3.8) is 0 Å². The fourth-order valence-corrected chi connectivity index (χ4v) is 1.08. The Labute approximate surface area is 68.0 Å². The second kappa shape index (κ2) is 4.69. The zero-order chi connectivity index (χ0) is 8.91. The number of halogens is 1. The first kappa shape index (κ1) is 10.9. The Bertz CT molecular complexity index is 181. The number of methoxy groups -OCH3 is 1. The van der Waals surface area contributed by atoms with Crippen LogP contribution in [0.15, 0.2) is 0 Å². The molecule has 8 heteroatoms. The molecule has 0 saturated heterocycles. The molecule has 0 aliphatic rings. The summed E-state index contributed by atoms with van der Waals surface area (Å²) >= 11 is 4.69. The highest BCUT2D eigenvalue weighted by Crippen LogP contribution is 2.51. The minimum Gasteiger partial charge on any atom is -0.460 e. The van der Waals surface area contributed by atoms with E-state index in [2.05, 4.69) is 18.4 Å². The Morgan fingerprint density at radius 2 is 2.00 bits per heavy atom. The third-order valence-corrected chi connectivity index (χ3v) is 2.36. The maximum atomic E-state index is 10.9. The monoisotopic (exact) mass is 204 g/mol. The fraction of sp³-hybridized carbons (Fsp3) is 0.667. The highest BCUT2D eigenvalue weighted by Gasteiger charge is 2.38. The van der Waals surface area contributed by atoms with Crippen molar-refractivity contribution < 1.29 is 27.7 Å². The Kier molecular flexibility index (Phi) is 4.63. The smallest absolute Gasteiger partial charge is 0.460 e. The highest BCUT2D eigenvalue weighted by molar-refractivity contribution is 7.71. The summed E-state index contributed by atoms with van der Waals surface area (Å²) in [4.78, 5) is 14.5. The van der Waals surface area contributed by atoms with Crippen molar-refractivity contribution in [3.8, 4) is 0 Å². The Balaban J connectivity index is 4.33. The topological polar surface area (TPSA) is 71.1 Å². The first-order chi connectivity index (χ1) is 5.10. The van der Waals surface area contributed by atoms with Crippen molar-refractivity contribution in [1.82, 2.24) is 0 Å². The van der Waals surface area contributed by atoms with Crippen LogP contribution in [0.2, 0.25) is 0 Å². The lowest BCUT2D eigenvalue weighted by Crippen LogP contribution is -2.02. The molecule has 0 amide bonds.